The normalized spacial score (nSPS) is 15.8. The maximum Gasteiger partial charge on any atom is 0.241 e. The van der Waals surface area contributed by atoms with E-state index in [1.807, 2.05) is 49.9 Å². The molecule has 7 nitrogen and oxygen atoms in total. The molecule has 3 aromatic carbocycles. The van der Waals surface area contributed by atoms with E-state index in [0.29, 0.717) is 12.1 Å². The van der Waals surface area contributed by atoms with E-state index in [1.165, 1.54) is 12.1 Å². The molecule has 1 N–H and O–H groups in total. The molecule has 1 heterocycles. The van der Waals surface area contributed by atoms with Gasteiger partial charge in [-0.05, 0) is 85.2 Å². The van der Waals surface area contributed by atoms with Crippen molar-refractivity contribution < 1.29 is 17.6 Å². The smallest absolute Gasteiger partial charge is 0.241 e. The molecule has 41 heavy (non-hydrogen) atoms. The molecule has 0 spiro atoms. The summed E-state index contributed by atoms with van der Waals surface area (Å²) in [5, 5.41) is 0. The zero-order valence-electron chi connectivity index (χ0n) is 23.5. The summed E-state index contributed by atoms with van der Waals surface area (Å²) in [6.07, 6.45) is 6.11. The molecule has 0 radical (unpaired) electrons. The number of anilines is 1. The number of hydrogen-bond donors (Lipinski definition) is 1. The van der Waals surface area contributed by atoms with Crippen molar-refractivity contribution in [1.82, 2.24) is 14.3 Å². The molecule has 0 saturated carbocycles. The minimum Gasteiger partial charge on any atom is -0.337 e. The van der Waals surface area contributed by atoms with Crippen molar-refractivity contribution in [1.29, 1.82) is 0 Å². The minimum absolute atomic E-state index is 0.0997. The van der Waals surface area contributed by atoms with Gasteiger partial charge < -0.3 is 9.47 Å². The fourth-order valence-corrected chi connectivity index (χ4v) is 6.59. The lowest BCUT2D eigenvalue weighted by Crippen LogP contribution is -2.34. The third-order valence-electron chi connectivity index (χ3n) is 7.83. The first-order valence-corrected chi connectivity index (χ1v) is 15.3. The van der Waals surface area contributed by atoms with Crippen molar-refractivity contribution in [3.63, 3.8) is 0 Å². The van der Waals surface area contributed by atoms with Crippen LogP contribution in [0.25, 0.3) is 0 Å². The van der Waals surface area contributed by atoms with Gasteiger partial charge in [0.05, 0.1) is 11.4 Å². The molecule has 5 rings (SSSR count). The number of nitrogens with zero attached hydrogens (tertiary/aromatic N) is 3. The summed E-state index contributed by atoms with van der Waals surface area (Å²) in [5.74, 6) is 0.184. The highest BCUT2D eigenvalue weighted by Crippen LogP contribution is 2.35. The number of nitrogens with one attached hydrogen (secondary N) is 1. The summed E-state index contributed by atoms with van der Waals surface area (Å²) < 4.78 is 44.8. The van der Waals surface area contributed by atoms with E-state index in [4.69, 9.17) is 0 Å². The number of halogens is 1. The fourth-order valence-electron chi connectivity index (χ4n) is 5.34. The van der Waals surface area contributed by atoms with Crippen LogP contribution in [0.15, 0.2) is 84.0 Å². The second-order valence-electron chi connectivity index (χ2n) is 10.9. The van der Waals surface area contributed by atoms with Gasteiger partial charge in [-0.1, -0.05) is 42.8 Å². The Hall–Kier alpha value is -3.82. The molecule has 0 unspecified atom stereocenters. The molecule has 9 heteroatoms. The van der Waals surface area contributed by atoms with Crippen LogP contribution in [0.2, 0.25) is 0 Å². The Bertz CT molecular complexity index is 1630. The van der Waals surface area contributed by atoms with Crippen LogP contribution in [-0.2, 0) is 34.8 Å². The number of aromatic nitrogens is 2. The van der Waals surface area contributed by atoms with E-state index >= 15 is 0 Å². The Balaban J connectivity index is 1.45. The summed E-state index contributed by atoms with van der Waals surface area (Å²) in [5.41, 5.74) is 4.51. The van der Waals surface area contributed by atoms with E-state index in [9.17, 15) is 17.6 Å². The lowest BCUT2D eigenvalue weighted by molar-refractivity contribution is -0.119. The molecule has 4 aromatic rings. The van der Waals surface area contributed by atoms with Crippen molar-refractivity contribution in [2.45, 2.75) is 62.9 Å². The van der Waals surface area contributed by atoms with Crippen molar-refractivity contribution in [3.05, 3.63) is 113 Å². The zero-order chi connectivity index (χ0) is 29.1. The molecule has 1 aliphatic rings. The summed E-state index contributed by atoms with van der Waals surface area (Å²) in [6.45, 7) is 4.13. The van der Waals surface area contributed by atoms with Crippen LogP contribution in [0.5, 0.6) is 0 Å². The largest absolute Gasteiger partial charge is 0.337 e. The number of sulfonamides is 1. The number of amides is 1. The second kappa shape index (κ2) is 12.0. The average molecular weight is 575 g/mol. The van der Waals surface area contributed by atoms with Crippen LogP contribution in [0.1, 0.15) is 66.2 Å². The Kier molecular flexibility index (Phi) is 8.37. The molecule has 2 atom stereocenters. The summed E-state index contributed by atoms with van der Waals surface area (Å²) in [7, 11) is -1.85. The SMILES string of the molecule is Cc1ccc(S(=O)(=O)N[C@H]2CCCc3ccc(N(Cc4nccn4C)C(=O)C[C@H](C)c4ccc(F)cc4)cc32)cc1. The summed E-state index contributed by atoms with van der Waals surface area (Å²) in [6, 6.07) is 18.5. The van der Waals surface area contributed by atoms with Crippen molar-refractivity contribution in [3.8, 4) is 0 Å². The third kappa shape index (κ3) is 6.57. The zero-order valence-corrected chi connectivity index (χ0v) is 24.4. The molecule has 1 amide bonds. The maximum atomic E-state index is 13.8. The highest BCUT2D eigenvalue weighted by Gasteiger charge is 2.28. The Morgan fingerprint density at radius 3 is 2.54 bits per heavy atom. The molecule has 0 saturated heterocycles. The van der Waals surface area contributed by atoms with Crippen molar-refractivity contribution >= 4 is 21.6 Å². The lowest BCUT2D eigenvalue weighted by atomic mass is 9.87. The number of fused-ring (bicyclic) bond motifs is 1. The van der Waals surface area contributed by atoms with Crippen LogP contribution in [0.4, 0.5) is 10.1 Å². The summed E-state index contributed by atoms with van der Waals surface area (Å²) >= 11 is 0. The van der Waals surface area contributed by atoms with Crippen LogP contribution >= 0.6 is 0 Å². The Labute approximate surface area is 241 Å². The highest BCUT2D eigenvalue weighted by atomic mass is 32.2. The first kappa shape index (κ1) is 28.7. The topological polar surface area (TPSA) is 84.3 Å². The van der Waals surface area contributed by atoms with Gasteiger partial charge in [0.25, 0.3) is 0 Å². The standard InChI is InChI=1S/C32H35FN4O3S/c1-22-7-15-28(16-8-22)41(39,40)35-30-6-4-5-25-11-14-27(20-29(25)30)37(21-31-34-17-18-36(31)3)32(38)19-23(2)24-9-12-26(33)13-10-24/h7-18,20,23,30,35H,4-6,19,21H2,1-3H3/t23-,30-/m0/s1. The molecule has 1 aliphatic carbocycles. The van der Waals surface area contributed by atoms with E-state index in [2.05, 4.69) is 9.71 Å². The van der Waals surface area contributed by atoms with Crippen LogP contribution < -0.4 is 9.62 Å². The first-order valence-electron chi connectivity index (χ1n) is 13.8. The molecule has 0 bridgehead atoms. The highest BCUT2D eigenvalue weighted by molar-refractivity contribution is 7.89. The van der Waals surface area contributed by atoms with Gasteiger partial charge >= 0.3 is 0 Å². The lowest BCUT2D eigenvalue weighted by Gasteiger charge is -2.30. The monoisotopic (exact) mass is 574 g/mol. The second-order valence-corrected chi connectivity index (χ2v) is 12.6. The van der Waals surface area contributed by atoms with Crippen LogP contribution in [0.3, 0.4) is 0 Å². The average Bonchev–Trinajstić information content (AvgIpc) is 3.36. The van der Waals surface area contributed by atoms with Gasteiger partial charge in [-0.2, -0.15) is 0 Å². The van der Waals surface area contributed by atoms with Gasteiger partial charge in [-0.3, -0.25) is 4.79 Å². The van der Waals surface area contributed by atoms with Gasteiger partial charge in [0, 0.05) is 37.6 Å². The van der Waals surface area contributed by atoms with E-state index in [-0.39, 0.29) is 35.5 Å². The Morgan fingerprint density at radius 1 is 1.12 bits per heavy atom. The molecule has 0 aliphatic heterocycles. The minimum atomic E-state index is -3.74. The predicted molar refractivity (Wildman–Crippen MR) is 157 cm³/mol. The number of rotatable bonds is 9. The number of carbonyl (C=O) groups excluding carboxylic acids is 1. The van der Waals surface area contributed by atoms with Gasteiger partial charge in [0.1, 0.15) is 11.6 Å². The van der Waals surface area contributed by atoms with E-state index < -0.39 is 16.1 Å². The summed E-state index contributed by atoms with van der Waals surface area (Å²) in [4.78, 5) is 20.2. The number of benzene rings is 3. The van der Waals surface area contributed by atoms with Gasteiger partial charge in [0.15, 0.2) is 0 Å². The quantitative estimate of drug-likeness (QED) is 0.268. The number of aryl methyl sites for hydroxylation is 3. The fraction of sp³-hybridized carbons (Fsp3) is 0.312. The molecular weight excluding hydrogens is 539 g/mol. The third-order valence-corrected chi connectivity index (χ3v) is 9.31. The molecule has 0 fully saturated rings. The van der Waals surface area contributed by atoms with Crippen molar-refractivity contribution in [2.75, 3.05) is 4.90 Å². The van der Waals surface area contributed by atoms with Crippen molar-refractivity contribution in [2.24, 2.45) is 7.05 Å². The van der Waals surface area contributed by atoms with E-state index in [1.54, 1.807) is 47.5 Å². The van der Waals surface area contributed by atoms with Gasteiger partial charge in [0.2, 0.25) is 15.9 Å². The van der Waals surface area contributed by atoms with Gasteiger partial charge in [-0.15, -0.1) is 0 Å². The predicted octanol–water partition coefficient (Wildman–Crippen LogP) is 5.95. The van der Waals surface area contributed by atoms with E-state index in [0.717, 1.165) is 40.9 Å². The molecule has 214 valence electrons. The van der Waals surface area contributed by atoms with Gasteiger partial charge in [-0.25, -0.2) is 22.5 Å². The molecule has 1 aromatic heterocycles. The molecular formula is C32H35FN4O3S. The van der Waals surface area contributed by atoms with Crippen LogP contribution in [-0.4, -0.2) is 23.9 Å². The Morgan fingerprint density at radius 2 is 1.85 bits per heavy atom. The number of carbonyl (C=O) groups is 1. The number of hydrogen-bond acceptors (Lipinski definition) is 4. The van der Waals surface area contributed by atoms with Crippen LogP contribution in [0, 0.1) is 12.7 Å². The maximum absolute atomic E-state index is 13.8. The number of imidazole rings is 1. The first-order chi connectivity index (χ1) is 19.6.